The number of hydrogen-bond acceptors (Lipinski definition) is 5. The molecule has 2 heterocycles. The number of thiophene rings is 1. The summed E-state index contributed by atoms with van der Waals surface area (Å²) in [5, 5.41) is 11.1. The molecule has 5 heteroatoms. The maximum Gasteiger partial charge on any atom is 0.227 e. The van der Waals surface area contributed by atoms with Crippen molar-refractivity contribution >= 4 is 17.3 Å². The van der Waals surface area contributed by atoms with Crippen LogP contribution in [0.5, 0.6) is 0 Å². The molecule has 0 amide bonds. The summed E-state index contributed by atoms with van der Waals surface area (Å²) in [6, 6.07) is 7.81. The predicted octanol–water partition coefficient (Wildman–Crippen LogP) is 2.92. The molecule has 0 aliphatic heterocycles. The maximum atomic E-state index is 9.06. The molecule has 0 aromatic carbocycles. The van der Waals surface area contributed by atoms with E-state index in [1.165, 1.54) is 0 Å². The number of nitriles is 1. The van der Waals surface area contributed by atoms with Crippen molar-refractivity contribution in [3.05, 3.63) is 29.3 Å². The first-order chi connectivity index (χ1) is 8.78. The third kappa shape index (κ3) is 2.49. The Kier molecular flexibility index (Phi) is 3.90. The molecule has 0 bridgehead atoms. The third-order valence-electron chi connectivity index (χ3n) is 2.65. The largest absolute Gasteiger partial charge is 0.341 e. The fourth-order valence-corrected chi connectivity index (χ4v) is 2.38. The lowest BCUT2D eigenvalue weighted by Gasteiger charge is -2.18. The van der Waals surface area contributed by atoms with Gasteiger partial charge in [-0.25, -0.2) is 9.97 Å². The van der Waals surface area contributed by atoms with Crippen LogP contribution in [0.3, 0.4) is 0 Å². The fraction of sp³-hybridized carbons (Fsp3) is 0.308. The highest BCUT2D eigenvalue weighted by Crippen LogP contribution is 2.24. The Hall–Kier alpha value is -1.93. The summed E-state index contributed by atoms with van der Waals surface area (Å²) in [7, 11) is 0. The van der Waals surface area contributed by atoms with Crippen LogP contribution in [0.15, 0.2) is 23.6 Å². The second-order valence-corrected chi connectivity index (χ2v) is 4.65. The molecular formula is C13H14N4S. The molecule has 0 saturated heterocycles. The Morgan fingerprint density at radius 1 is 1.33 bits per heavy atom. The number of nitrogens with zero attached hydrogens (tertiary/aromatic N) is 4. The smallest absolute Gasteiger partial charge is 0.227 e. The Balaban J connectivity index is 2.49. The lowest BCUT2D eigenvalue weighted by atomic mass is 10.3. The Bertz CT molecular complexity index is 553. The topological polar surface area (TPSA) is 52.8 Å². The summed E-state index contributed by atoms with van der Waals surface area (Å²) in [5.41, 5.74) is 1.23. The van der Waals surface area contributed by atoms with Crippen LogP contribution in [0.1, 0.15) is 19.5 Å². The van der Waals surface area contributed by atoms with Crippen LogP contribution in [-0.4, -0.2) is 23.1 Å². The molecule has 0 fully saturated rings. The Morgan fingerprint density at radius 3 is 2.67 bits per heavy atom. The van der Waals surface area contributed by atoms with Crippen molar-refractivity contribution in [2.75, 3.05) is 18.0 Å². The average Bonchev–Trinajstić information content (AvgIpc) is 2.94. The van der Waals surface area contributed by atoms with Crippen molar-refractivity contribution < 1.29 is 0 Å². The number of rotatable bonds is 4. The van der Waals surface area contributed by atoms with Gasteiger partial charge in [0, 0.05) is 19.2 Å². The summed E-state index contributed by atoms with van der Waals surface area (Å²) < 4.78 is 0. The van der Waals surface area contributed by atoms with Crippen molar-refractivity contribution in [1.82, 2.24) is 9.97 Å². The highest BCUT2D eigenvalue weighted by Gasteiger charge is 2.11. The molecule has 0 unspecified atom stereocenters. The molecule has 0 radical (unpaired) electrons. The number of hydrogen-bond donors (Lipinski definition) is 0. The van der Waals surface area contributed by atoms with Crippen molar-refractivity contribution in [3.63, 3.8) is 0 Å². The maximum absolute atomic E-state index is 9.06. The first-order valence-corrected chi connectivity index (χ1v) is 6.74. The molecular weight excluding hydrogens is 244 g/mol. The molecule has 2 aromatic heterocycles. The van der Waals surface area contributed by atoms with E-state index >= 15 is 0 Å². The van der Waals surface area contributed by atoms with Gasteiger partial charge in [0.2, 0.25) is 5.95 Å². The quantitative estimate of drug-likeness (QED) is 0.846. The fourth-order valence-electron chi connectivity index (χ4n) is 1.69. The minimum atomic E-state index is 0.412. The van der Waals surface area contributed by atoms with Crippen LogP contribution in [0.25, 0.3) is 10.6 Å². The van der Waals surface area contributed by atoms with E-state index in [1.54, 1.807) is 17.4 Å². The van der Waals surface area contributed by atoms with Gasteiger partial charge in [-0.3, -0.25) is 0 Å². The van der Waals surface area contributed by atoms with Gasteiger partial charge in [0.05, 0.1) is 10.6 Å². The van der Waals surface area contributed by atoms with E-state index in [1.807, 2.05) is 22.4 Å². The summed E-state index contributed by atoms with van der Waals surface area (Å²) in [6.07, 6.45) is 0. The van der Waals surface area contributed by atoms with Gasteiger partial charge in [0.25, 0.3) is 0 Å². The van der Waals surface area contributed by atoms with E-state index in [9.17, 15) is 0 Å². The molecule has 0 atom stereocenters. The highest BCUT2D eigenvalue weighted by atomic mass is 32.1. The van der Waals surface area contributed by atoms with Crippen molar-refractivity contribution in [2.24, 2.45) is 0 Å². The normalized spacial score (nSPS) is 10.1. The van der Waals surface area contributed by atoms with Crippen molar-refractivity contribution in [2.45, 2.75) is 13.8 Å². The van der Waals surface area contributed by atoms with Gasteiger partial charge >= 0.3 is 0 Å². The van der Waals surface area contributed by atoms with E-state index in [-0.39, 0.29) is 0 Å². The summed E-state index contributed by atoms with van der Waals surface area (Å²) in [6.45, 7) is 5.76. The molecule has 2 rings (SSSR count). The first-order valence-electron chi connectivity index (χ1n) is 5.86. The zero-order chi connectivity index (χ0) is 13.0. The minimum absolute atomic E-state index is 0.412. The first kappa shape index (κ1) is 12.5. The molecule has 0 spiro atoms. The SMILES string of the molecule is CCN(CC)c1nc(C#N)cc(-c2cccs2)n1. The number of anilines is 1. The molecule has 2 aromatic rings. The molecule has 0 aliphatic rings. The Labute approximate surface area is 111 Å². The average molecular weight is 258 g/mol. The molecule has 0 N–H and O–H groups in total. The van der Waals surface area contributed by atoms with Crippen LogP contribution in [0.2, 0.25) is 0 Å². The zero-order valence-electron chi connectivity index (χ0n) is 10.4. The van der Waals surface area contributed by atoms with Gasteiger partial charge in [-0.2, -0.15) is 5.26 Å². The number of aromatic nitrogens is 2. The van der Waals surface area contributed by atoms with Gasteiger partial charge in [-0.1, -0.05) is 6.07 Å². The molecule has 92 valence electrons. The highest BCUT2D eigenvalue weighted by molar-refractivity contribution is 7.13. The molecule has 0 aliphatic carbocycles. The lowest BCUT2D eigenvalue weighted by molar-refractivity contribution is 0.820. The van der Waals surface area contributed by atoms with Gasteiger partial charge in [-0.15, -0.1) is 11.3 Å². The van der Waals surface area contributed by atoms with Crippen LogP contribution in [0.4, 0.5) is 5.95 Å². The van der Waals surface area contributed by atoms with E-state index < -0.39 is 0 Å². The summed E-state index contributed by atoms with van der Waals surface area (Å²) in [5.74, 6) is 0.627. The Morgan fingerprint density at radius 2 is 2.11 bits per heavy atom. The van der Waals surface area contributed by atoms with Gasteiger partial charge in [0.15, 0.2) is 0 Å². The van der Waals surface area contributed by atoms with E-state index in [0.717, 1.165) is 23.7 Å². The van der Waals surface area contributed by atoms with Crippen molar-refractivity contribution in [3.8, 4) is 16.6 Å². The molecule has 0 saturated carbocycles. The van der Waals surface area contributed by atoms with Crippen LogP contribution < -0.4 is 4.90 Å². The van der Waals surface area contributed by atoms with Crippen LogP contribution >= 0.6 is 11.3 Å². The zero-order valence-corrected chi connectivity index (χ0v) is 11.2. The van der Waals surface area contributed by atoms with Gasteiger partial charge in [-0.05, 0) is 25.3 Å². The predicted molar refractivity (Wildman–Crippen MR) is 73.6 cm³/mol. The van der Waals surface area contributed by atoms with Crippen LogP contribution in [0, 0.1) is 11.3 Å². The standard InChI is InChI=1S/C13H14N4S/c1-3-17(4-2)13-15-10(9-14)8-11(16-13)12-6-5-7-18-12/h5-8H,3-4H2,1-2H3. The van der Waals surface area contributed by atoms with Gasteiger partial charge < -0.3 is 4.90 Å². The lowest BCUT2D eigenvalue weighted by Crippen LogP contribution is -2.24. The second-order valence-electron chi connectivity index (χ2n) is 3.70. The van der Waals surface area contributed by atoms with Crippen LogP contribution in [-0.2, 0) is 0 Å². The summed E-state index contributed by atoms with van der Waals surface area (Å²) >= 11 is 1.61. The summed E-state index contributed by atoms with van der Waals surface area (Å²) in [4.78, 5) is 11.9. The van der Waals surface area contributed by atoms with Gasteiger partial charge in [0.1, 0.15) is 11.8 Å². The second kappa shape index (κ2) is 5.61. The minimum Gasteiger partial charge on any atom is -0.341 e. The van der Waals surface area contributed by atoms with E-state index in [0.29, 0.717) is 11.6 Å². The molecule has 4 nitrogen and oxygen atoms in total. The van der Waals surface area contributed by atoms with E-state index in [2.05, 4.69) is 29.9 Å². The third-order valence-corrected chi connectivity index (χ3v) is 3.54. The van der Waals surface area contributed by atoms with Crippen molar-refractivity contribution in [1.29, 1.82) is 5.26 Å². The van der Waals surface area contributed by atoms with E-state index in [4.69, 9.17) is 5.26 Å². The molecule has 18 heavy (non-hydrogen) atoms. The monoisotopic (exact) mass is 258 g/mol.